The molecule has 0 saturated heterocycles. The highest BCUT2D eigenvalue weighted by molar-refractivity contribution is 5.31. The third-order valence-corrected chi connectivity index (χ3v) is 2.48. The van der Waals surface area contributed by atoms with Crippen molar-refractivity contribution in [1.29, 1.82) is 0 Å². The fourth-order valence-corrected chi connectivity index (χ4v) is 1.89. The summed E-state index contributed by atoms with van der Waals surface area (Å²) in [7, 11) is 0. The van der Waals surface area contributed by atoms with Crippen molar-refractivity contribution < 1.29 is 0 Å². The van der Waals surface area contributed by atoms with Crippen molar-refractivity contribution in [3.8, 4) is 0 Å². The van der Waals surface area contributed by atoms with Crippen LogP contribution in [0.25, 0.3) is 0 Å². The molecular weight excluding hydrogens is 144 g/mol. The number of hydrogen-bond acceptors (Lipinski definition) is 0. The zero-order chi connectivity index (χ0) is 9.19. The van der Waals surface area contributed by atoms with Gasteiger partial charge in [-0.05, 0) is 17.8 Å². The van der Waals surface area contributed by atoms with Crippen LogP contribution in [0.3, 0.4) is 0 Å². The Morgan fingerprint density at radius 3 is 2.50 bits per heavy atom. The first-order valence-electron chi connectivity index (χ1n) is 4.94. The molecule has 1 aliphatic carbocycles. The van der Waals surface area contributed by atoms with Gasteiger partial charge in [0.15, 0.2) is 0 Å². The van der Waals surface area contributed by atoms with Gasteiger partial charge in [-0.15, -0.1) is 0 Å². The molecule has 1 rings (SSSR count). The summed E-state index contributed by atoms with van der Waals surface area (Å²) in [6.07, 6.45) is 9.42. The molecule has 68 valence electrons. The molecular formula is C12H20. The smallest absolute Gasteiger partial charge is 0.00119 e. The minimum atomic E-state index is 0.351. The van der Waals surface area contributed by atoms with Gasteiger partial charge in [0.1, 0.15) is 0 Å². The van der Waals surface area contributed by atoms with Crippen LogP contribution in [-0.4, -0.2) is 0 Å². The van der Waals surface area contributed by atoms with Crippen molar-refractivity contribution in [3.05, 3.63) is 23.8 Å². The molecule has 0 heterocycles. The lowest BCUT2D eigenvalue weighted by molar-refractivity contribution is 0.444. The lowest BCUT2D eigenvalue weighted by Crippen LogP contribution is -2.14. The SMILES string of the molecule is CCCC1C=CC=C1C(C)(C)C. The third-order valence-electron chi connectivity index (χ3n) is 2.48. The van der Waals surface area contributed by atoms with Crippen molar-refractivity contribution in [2.75, 3.05) is 0 Å². The van der Waals surface area contributed by atoms with E-state index in [1.165, 1.54) is 12.8 Å². The standard InChI is InChI=1S/C12H20/c1-5-7-10-8-6-9-11(10)12(2,3)4/h6,8-10H,5,7H2,1-4H3. The van der Waals surface area contributed by atoms with Gasteiger partial charge in [0, 0.05) is 0 Å². The summed E-state index contributed by atoms with van der Waals surface area (Å²) in [6, 6.07) is 0. The molecule has 0 spiro atoms. The third kappa shape index (κ3) is 2.00. The Labute approximate surface area is 76.4 Å². The van der Waals surface area contributed by atoms with E-state index in [9.17, 15) is 0 Å². The molecule has 0 aromatic carbocycles. The first-order valence-corrected chi connectivity index (χ1v) is 4.94. The zero-order valence-electron chi connectivity index (χ0n) is 8.72. The minimum Gasteiger partial charge on any atom is -0.0773 e. The highest BCUT2D eigenvalue weighted by atomic mass is 14.3. The predicted molar refractivity (Wildman–Crippen MR) is 55.1 cm³/mol. The Morgan fingerprint density at radius 1 is 1.33 bits per heavy atom. The topological polar surface area (TPSA) is 0 Å². The molecule has 0 nitrogen and oxygen atoms in total. The van der Waals surface area contributed by atoms with Crippen molar-refractivity contribution in [3.63, 3.8) is 0 Å². The van der Waals surface area contributed by atoms with Gasteiger partial charge in [-0.1, -0.05) is 57.9 Å². The monoisotopic (exact) mass is 164 g/mol. The second kappa shape index (κ2) is 3.47. The molecule has 1 unspecified atom stereocenters. The van der Waals surface area contributed by atoms with Crippen LogP contribution in [0, 0.1) is 11.3 Å². The molecule has 1 atom stereocenters. The van der Waals surface area contributed by atoms with Crippen LogP contribution >= 0.6 is 0 Å². The van der Waals surface area contributed by atoms with Crippen molar-refractivity contribution in [1.82, 2.24) is 0 Å². The van der Waals surface area contributed by atoms with Gasteiger partial charge in [0.05, 0.1) is 0 Å². The molecule has 0 bridgehead atoms. The quantitative estimate of drug-likeness (QED) is 0.580. The first kappa shape index (κ1) is 9.57. The maximum atomic E-state index is 2.34. The molecule has 0 N–H and O–H groups in total. The summed E-state index contributed by atoms with van der Waals surface area (Å²) >= 11 is 0. The van der Waals surface area contributed by atoms with Crippen LogP contribution in [0.4, 0.5) is 0 Å². The van der Waals surface area contributed by atoms with E-state index < -0.39 is 0 Å². The van der Waals surface area contributed by atoms with E-state index in [0.717, 1.165) is 5.92 Å². The van der Waals surface area contributed by atoms with Crippen LogP contribution in [0.15, 0.2) is 23.8 Å². The molecule has 12 heavy (non-hydrogen) atoms. The molecule has 0 aromatic rings. The largest absolute Gasteiger partial charge is 0.0773 e. The molecule has 0 aromatic heterocycles. The van der Waals surface area contributed by atoms with Gasteiger partial charge < -0.3 is 0 Å². The average Bonchev–Trinajstić information content (AvgIpc) is 2.34. The summed E-state index contributed by atoms with van der Waals surface area (Å²) in [5.41, 5.74) is 1.95. The highest BCUT2D eigenvalue weighted by Crippen LogP contribution is 2.37. The Hall–Kier alpha value is -0.520. The van der Waals surface area contributed by atoms with Crippen LogP contribution in [-0.2, 0) is 0 Å². The second-order valence-corrected chi connectivity index (χ2v) is 4.65. The van der Waals surface area contributed by atoms with E-state index in [1.807, 2.05) is 0 Å². The normalized spacial score (nSPS) is 23.0. The summed E-state index contributed by atoms with van der Waals surface area (Å²) in [5, 5.41) is 0. The molecule has 0 saturated carbocycles. The van der Waals surface area contributed by atoms with Gasteiger partial charge in [-0.2, -0.15) is 0 Å². The lowest BCUT2D eigenvalue weighted by Gasteiger charge is -2.26. The van der Waals surface area contributed by atoms with Crippen molar-refractivity contribution in [2.24, 2.45) is 11.3 Å². The van der Waals surface area contributed by atoms with Crippen LogP contribution < -0.4 is 0 Å². The Kier molecular flexibility index (Phi) is 2.76. The predicted octanol–water partition coefficient (Wildman–Crippen LogP) is 3.95. The summed E-state index contributed by atoms with van der Waals surface area (Å²) in [5.74, 6) is 0.718. The Morgan fingerprint density at radius 2 is 2.00 bits per heavy atom. The van der Waals surface area contributed by atoms with E-state index in [0.29, 0.717) is 5.41 Å². The van der Waals surface area contributed by atoms with E-state index in [4.69, 9.17) is 0 Å². The summed E-state index contributed by atoms with van der Waals surface area (Å²) in [6.45, 7) is 9.16. The number of hydrogen-bond donors (Lipinski definition) is 0. The van der Waals surface area contributed by atoms with E-state index in [2.05, 4.69) is 45.9 Å². The van der Waals surface area contributed by atoms with E-state index in [-0.39, 0.29) is 0 Å². The number of allylic oxidation sites excluding steroid dienone is 4. The van der Waals surface area contributed by atoms with Gasteiger partial charge in [0.25, 0.3) is 0 Å². The van der Waals surface area contributed by atoms with Crippen molar-refractivity contribution in [2.45, 2.75) is 40.5 Å². The maximum absolute atomic E-state index is 2.34. The Bertz CT molecular complexity index is 201. The average molecular weight is 164 g/mol. The summed E-state index contributed by atoms with van der Waals surface area (Å²) in [4.78, 5) is 0. The van der Waals surface area contributed by atoms with Gasteiger partial charge in [0.2, 0.25) is 0 Å². The van der Waals surface area contributed by atoms with Gasteiger partial charge >= 0.3 is 0 Å². The van der Waals surface area contributed by atoms with Crippen molar-refractivity contribution >= 4 is 0 Å². The number of rotatable bonds is 2. The fraction of sp³-hybridized carbons (Fsp3) is 0.667. The second-order valence-electron chi connectivity index (χ2n) is 4.65. The van der Waals surface area contributed by atoms with Crippen LogP contribution in [0.5, 0.6) is 0 Å². The minimum absolute atomic E-state index is 0.351. The lowest BCUT2D eigenvalue weighted by atomic mass is 9.79. The molecule has 0 aliphatic heterocycles. The van der Waals surface area contributed by atoms with E-state index in [1.54, 1.807) is 5.57 Å². The Balaban J connectivity index is 2.67. The molecule has 0 amide bonds. The zero-order valence-corrected chi connectivity index (χ0v) is 8.72. The summed E-state index contributed by atoms with van der Waals surface area (Å²) < 4.78 is 0. The highest BCUT2D eigenvalue weighted by Gasteiger charge is 2.24. The van der Waals surface area contributed by atoms with Crippen LogP contribution in [0.2, 0.25) is 0 Å². The van der Waals surface area contributed by atoms with E-state index >= 15 is 0 Å². The first-order chi connectivity index (χ1) is 5.55. The molecule has 1 aliphatic rings. The van der Waals surface area contributed by atoms with Gasteiger partial charge in [-0.3, -0.25) is 0 Å². The molecule has 0 heteroatoms. The van der Waals surface area contributed by atoms with Gasteiger partial charge in [-0.25, -0.2) is 0 Å². The fourth-order valence-electron chi connectivity index (χ4n) is 1.89. The van der Waals surface area contributed by atoms with Crippen LogP contribution in [0.1, 0.15) is 40.5 Å². The molecule has 0 radical (unpaired) electrons. The maximum Gasteiger partial charge on any atom is -0.00119 e. The molecule has 0 fully saturated rings.